The van der Waals surface area contributed by atoms with Crippen molar-refractivity contribution in [2.24, 2.45) is 5.10 Å². The highest BCUT2D eigenvalue weighted by atomic mass is 35.5. The maximum absolute atomic E-state index is 13.4. The maximum atomic E-state index is 13.4. The number of hydrazone groups is 1. The molecule has 6 heteroatoms. The number of halogens is 2. The summed E-state index contributed by atoms with van der Waals surface area (Å²) in [4.78, 5) is 13.0. The van der Waals surface area contributed by atoms with E-state index < -0.39 is 0 Å². The Morgan fingerprint density at radius 3 is 2.63 bits per heavy atom. The Balaban J connectivity index is 1.62. The molecule has 0 atom stereocenters. The van der Waals surface area contributed by atoms with Crippen LogP contribution in [0.15, 0.2) is 83.5 Å². The maximum Gasteiger partial charge on any atom is 0.280 e. The van der Waals surface area contributed by atoms with Gasteiger partial charge in [-0.25, -0.2) is 4.39 Å². The Labute approximate surface area is 178 Å². The Morgan fingerprint density at radius 2 is 1.87 bits per heavy atom. The normalized spacial score (nSPS) is 14.9. The van der Waals surface area contributed by atoms with Gasteiger partial charge in [0.15, 0.2) is 0 Å². The van der Waals surface area contributed by atoms with Gasteiger partial charge in [-0.15, -0.1) is 0 Å². The van der Waals surface area contributed by atoms with Crippen LogP contribution in [0, 0.1) is 5.82 Å². The van der Waals surface area contributed by atoms with Gasteiger partial charge in [-0.1, -0.05) is 41.9 Å². The molecule has 0 radical (unpaired) electrons. The lowest BCUT2D eigenvalue weighted by Gasteiger charge is -2.12. The fourth-order valence-electron chi connectivity index (χ4n) is 3.14. The van der Waals surface area contributed by atoms with Crippen LogP contribution in [0.4, 0.5) is 10.1 Å². The third-order valence-electron chi connectivity index (χ3n) is 4.62. The topological polar surface area (TPSA) is 41.9 Å². The van der Waals surface area contributed by atoms with Gasteiger partial charge in [0.1, 0.15) is 18.2 Å². The van der Waals surface area contributed by atoms with Gasteiger partial charge in [-0.05, 0) is 61.0 Å². The van der Waals surface area contributed by atoms with Crippen LogP contribution in [0.25, 0.3) is 6.08 Å². The van der Waals surface area contributed by atoms with Crippen LogP contribution >= 0.6 is 11.6 Å². The van der Waals surface area contributed by atoms with Gasteiger partial charge in [-0.2, -0.15) is 10.1 Å². The Kier molecular flexibility index (Phi) is 5.63. The highest BCUT2D eigenvalue weighted by molar-refractivity contribution is 6.33. The average Bonchev–Trinajstić information content (AvgIpc) is 3.02. The molecule has 30 heavy (non-hydrogen) atoms. The first-order valence-electron chi connectivity index (χ1n) is 9.35. The SMILES string of the molecule is CC1=NN(c2ccccc2)C(=O)C1=Cc1cc(Cl)ccc1OCc1cccc(F)c1. The van der Waals surface area contributed by atoms with E-state index in [1.54, 1.807) is 43.3 Å². The smallest absolute Gasteiger partial charge is 0.280 e. The number of carbonyl (C=O) groups is 1. The summed E-state index contributed by atoms with van der Waals surface area (Å²) in [6.07, 6.45) is 1.72. The fourth-order valence-corrected chi connectivity index (χ4v) is 3.32. The zero-order valence-electron chi connectivity index (χ0n) is 16.2. The van der Waals surface area contributed by atoms with Gasteiger partial charge in [-0.3, -0.25) is 4.79 Å². The quantitative estimate of drug-likeness (QED) is 0.485. The van der Waals surface area contributed by atoms with Crippen molar-refractivity contribution < 1.29 is 13.9 Å². The Hall–Kier alpha value is -3.44. The van der Waals surface area contributed by atoms with Crippen molar-refractivity contribution in [2.75, 3.05) is 5.01 Å². The van der Waals surface area contributed by atoms with Crippen LogP contribution in [-0.2, 0) is 11.4 Å². The summed E-state index contributed by atoms with van der Waals surface area (Å²) in [5.74, 6) is -0.0105. The number of amides is 1. The Bertz CT molecular complexity index is 1160. The molecule has 3 aromatic carbocycles. The van der Waals surface area contributed by atoms with Crippen LogP contribution in [0.5, 0.6) is 5.75 Å². The first-order valence-corrected chi connectivity index (χ1v) is 9.72. The van der Waals surface area contributed by atoms with Gasteiger partial charge < -0.3 is 4.74 Å². The van der Waals surface area contributed by atoms with Crippen molar-refractivity contribution in [3.63, 3.8) is 0 Å². The van der Waals surface area contributed by atoms with Crippen LogP contribution in [-0.4, -0.2) is 11.6 Å². The van der Waals surface area contributed by atoms with Crippen molar-refractivity contribution in [3.05, 3.63) is 100 Å². The minimum Gasteiger partial charge on any atom is -0.488 e. The average molecular weight is 421 g/mol. The van der Waals surface area contributed by atoms with Gasteiger partial charge in [0.05, 0.1) is 17.0 Å². The summed E-state index contributed by atoms with van der Waals surface area (Å²) in [7, 11) is 0. The fraction of sp³-hybridized carbons (Fsp3) is 0.0833. The number of anilines is 1. The van der Waals surface area contributed by atoms with E-state index in [-0.39, 0.29) is 18.3 Å². The molecule has 1 aliphatic heterocycles. The van der Waals surface area contributed by atoms with E-state index in [4.69, 9.17) is 16.3 Å². The zero-order chi connectivity index (χ0) is 21.1. The van der Waals surface area contributed by atoms with Crippen molar-refractivity contribution in [2.45, 2.75) is 13.5 Å². The highest BCUT2D eigenvalue weighted by Crippen LogP contribution is 2.30. The van der Waals surface area contributed by atoms with Crippen molar-refractivity contribution in [3.8, 4) is 5.75 Å². The van der Waals surface area contributed by atoms with Crippen molar-refractivity contribution in [1.82, 2.24) is 0 Å². The van der Waals surface area contributed by atoms with E-state index in [0.29, 0.717) is 38.9 Å². The summed E-state index contributed by atoms with van der Waals surface area (Å²) in [6, 6.07) is 20.6. The predicted molar refractivity (Wildman–Crippen MR) is 117 cm³/mol. The summed E-state index contributed by atoms with van der Waals surface area (Å²) in [5, 5.41) is 6.28. The molecular weight excluding hydrogens is 403 g/mol. The highest BCUT2D eigenvalue weighted by Gasteiger charge is 2.28. The molecule has 150 valence electrons. The standard InChI is InChI=1S/C24H18ClFN2O2/c1-16-22(24(29)28(27-16)21-8-3-2-4-9-21)14-18-13-19(25)10-11-23(18)30-15-17-6-5-7-20(26)12-17/h2-14H,15H2,1H3. The lowest BCUT2D eigenvalue weighted by Crippen LogP contribution is -2.21. The molecule has 0 saturated carbocycles. The van der Waals surface area contributed by atoms with Crippen molar-refractivity contribution >= 4 is 35.0 Å². The first-order chi connectivity index (χ1) is 14.5. The second kappa shape index (κ2) is 8.51. The molecule has 4 rings (SSSR count). The third-order valence-corrected chi connectivity index (χ3v) is 4.85. The number of ether oxygens (including phenoxy) is 1. The molecule has 1 amide bonds. The molecular formula is C24H18ClFN2O2. The molecule has 0 fully saturated rings. The second-order valence-electron chi connectivity index (χ2n) is 6.80. The zero-order valence-corrected chi connectivity index (χ0v) is 16.9. The minimum atomic E-state index is -0.320. The molecule has 0 aliphatic carbocycles. The number of rotatable bonds is 5. The van der Waals surface area contributed by atoms with Gasteiger partial charge >= 0.3 is 0 Å². The number of benzene rings is 3. The van der Waals surface area contributed by atoms with Gasteiger partial charge in [0.2, 0.25) is 0 Å². The number of hydrogen-bond acceptors (Lipinski definition) is 3. The summed E-state index contributed by atoms with van der Waals surface area (Å²) in [5.41, 5.74) is 3.09. The molecule has 0 bridgehead atoms. The number of nitrogens with zero attached hydrogens (tertiary/aromatic N) is 2. The predicted octanol–water partition coefficient (Wildman–Crippen LogP) is 5.86. The molecule has 0 saturated heterocycles. The van der Waals surface area contributed by atoms with E-state index in [0.717, 1.165) is 0 Å². The van der Waals surface area contributed by atoms with Crippen LogP contribution < -0.4 is 9.75 Å². The van der Waals surface area contributed by atoms with E-state index in [1.807, 2.05) is 30.3 Å². The van der Waals surface area contributed by atoms with Gasteiger partial charge in [0, 0.05) is 10.6 Å². The van der Waals surface area contributed by atoms with E-state index in [1.165, 1.54) is 17.1 Å². The van der Waals surface area contributed by atoms with E-state index in [2.05, 4.69) is 5.10 Å². The summed E-state index contributed by atoms with van der Waals surface area (Å²) < 4.78 is 19.3. The first kappa shape index (κ1) is 19.9. The molecule has 1 aliphatic rings. The largest absolute Gasteiger partial charge is 0.488 e. The molecule has 0 aromatic heterocycles. The molecule has 3 aromatic rings. The van der Waals surface area contributed by atoms with E-state index in [9.17, 15) is 9.18 Å². The monoisotopic (exact) mass is 420 g/mol. The lowest BCUT2D eigenvalue weighted by molar-refractivity contribution is -0.114. The summed E-state index contributed by atoms with van der Waals surface area (Å²) >= 11 is 6.18. The number of hydrogen-bond donors (Lipinski definition) is 0. The number of para-hydroxylation sites is 1. The van der Waals surface area contributed by atoms with Crippen molar-refractivity contribution in [1.29, 1.82) is 0 Å². The molecule has 0 spiro atoms. The number of carbonyl (C=O) groups excluding carboxylic acids is 1. The van der Waals surface area contributed by atoms with Crippen LogP contribution in [0.1, 0.15) is 18.1 Å². The molecule has 0 N–H and O–H groups in total. The summed E-state index contributed by atoms with van der Waals surface area (Å²) in [6.45, 7) is 1.97. The van der Waals surface area contributed by atoms with Gasteiger partial charge in [0.25, 0.3) is 5.91 Å². The molecule has 0 unspecified atom stereocenters. The van der Waals surface area contributed by atoms with Crippen LogP contribution in [0.2, 0.25) is 5.02 Å². The van der Waals surface area contributed by atoms with E-state index >= 15 is 0 Å². The van der Waals surface area contributed by atoms with Crippen LogP contribution in [0.3, 0.4) is 0 Å². The minimum absolute atomic E-state index is 0.187. The molecule has 1 heterocycles. The third kappa shape index (κ3) is 4.26. The lowest BCUT2D eigenvalue weighted by atomic mass is 10.1. The Morgan fingerprint density at radius 1 is 1.07 bits per heavy atom. The molecule has 4 nitrogen and oxygen atoms in total. The second-order valence-corrected chi connectivity index (χ2v) is 7.23.